The second-order valence-electron chi connectivity index (χ2n) is 14.6. The molecule has 0 saturated carbocycles. The van der Waals surface area contributed by atoms with Crippen molar-refractivity contribution in [3.05, 3.63) is 146 Å². The van der Waals surface area contributed by atoms with E-state index in [1.165, 1.54) is 27.7 Å². The summed E-state index contributed by atoms with van der Waals surface area (Å²) in [5, 5.41) is 0. The van der Waals surface area contributed by atoms with Crippen LogP contribution in [0, 0.1) is 79.8 Å². The molecule has 1 saturated heterocycles. The summed E-state index contributed by atoms with van der Waals surface area (Å²) >= 11 is 0. The van der Waals surface area contributed by atoms with Crippen LogP contribution in [0.3, 0.4) is 0 Å². The van der Waals surface area contributed by atoms with Gasteiger partial charge in [-0.15, -0.1) is 0 Å². The summed E-state index contributed by atoms with van der Waals surface area (Å²) in [6.45, 7) is 29.8. The zero-order valence-corrected chi connectivity index (χ0v) is 36.7. The predicted molar refractivity (Wildman–Crippen MR) is 231 cm³/mol. The van der Waals surface area contributed by atoms with E-state index in [0.29, 0.717) is 23.4 Å². The minimum atomic E-state index is -4.24. The molecule has 0 aromatic heterocycles. The summed E-state index contributed by atoms with van der Waals surface area (Å²) in [6.07, 6.45) is -4.16. The number of alkyl halides is 3. The highest BCUT2D eigenvalue weighted by molar-refractivity contribution is 5.75. The Kier molecular flexibility index (Phi) is 18.2. The Balaban J connectivity index is 0.000000283. The van der Waals surface area contributed by atoms with Crippen LogP contribution >= 0.6 is 0 Å². The fourth-order valence-corrected chi connectivity index (χ4v) is 7.13. The number of hydrogen-bond donors (Lipinski definition) is 0. The van der Waals surface area contributed by atoms with Crippen LogP contribution in [0.2, 0.25) is 0 Å². The highest BCUT2D eigenvalue weighted by atomic mass is 19.4. The van der Waals surface area contributed by atoms with Gasteiger partial charge in [-0.2, -0.15) is 13.2 Å². The smallest absolute Gasteiger partial charge is 0.360 e. The molecular formula is C50H63F6N. The number of anilines is 1. The normalized spacial score (nSPS) is 13.2. The van der Waals surface area contributed by atoms with Crippen LogP contribution in [0.1, 0.15) is 110 Å². The maximum absolute atomic E-state index is 14.8. The molecule has 0 spiro atoms. The molecule has 1 atom stereocenters. The summed E-state index contributed by atoms with van der Waals surface area (Å²) in [4.78, 5) is 1.20. The standard InChI is InChI=1S/C18H21F.C16H17F.C12H13F4N.2C2H6/c1-11(2)16-14(5)9-10-15(18(16)19)17-12(3)7-6-8-13(17)4;1-10-6-5-7-11(2)16(10)14-8-9-15(17)13(4)12(14)3;1-7-5-9(6-10(13)8(7)2)17-4-3-11(17)12(14,15)16;2*1-2/h6-11H,1-5H3;5-9H,1-4H3;5-6,11H,3-4H2,1-2H3;2*1-2H3. The van der Waals surface area contributed by atoms with Crippen molar-refractivity contribution in [2.45, 2.75) is 128 Å². The van der Waals surface area contributed by atoms with Gasteiger partial charge in [-0.25, -0.2) is 13.2 Å². The van der Waals surface area contributed by atoms with Gasteiger partial charge in [0.1, 0.15) is 23.5 Å². The van der Waals surface area contributed by atoms with Gasteiger partial charge in [0.25, 0.3) is 0 Å². The molecule has 1 aliphatic rings. The molecule has 0 amide bonds. The van der Waals surface area contributed by atoms with Gasteiger partial charge >= 0.3 is 6.18 Å². The Bertz CT molecular complexity index is 2030. The Morgan fingerprint density at radius 2 is 1.02 bits per heavy atom. The average molecular weight is 792 g/mol. The second kappa shape index (κ2) is 21.3. The van der Waals surface area contributed by atoms with E-state index in [0.717, 1.165) is 50.1 Å². The average Bonchev–Trinajstić information content (AvgIpc) is 3.12. The molecular weight excluding hydrogens is 729 g/mol. The summed E-state index contributed by atoms with van der Waals surface area (Å²) in [7, 11) is 0. The molecule has 0 N–H and O–H groups in total. The van der Waals surface area contributed by atoms with Crippen molar-refractivity contribution < 1.29 is 26.3 Å². The number of nitrogens with zero attached hydrogens (tertiary/aromatic N) is 1. The fourth-order valence-electron chi connectivity index (χ4n) is 7.13. The predicted octanol–water partition coefficient (Wildman–Crippen LogP) is 15.9. The fraction of sp³-hybridized carbons (Fsp3) is 0.400. The van der Waals surface area contributed by atoms with Crippen LogP contribution < -0.4 is 4.90 Å². The number of aryl methyl sites for hydroxylation is 6. The summed E-state index contributed by atoms with van der Waals surface area (Å²) in [6, 6.07) is 21.0. The van der Waals surface area contributed by atoms with Crippen LogP contribution in [0.25, 0.3) is 22.3 Å². The largest absolute Gasteiger partial charge is 0.408 e. The van der Waals surface area contributed by atoms with Gasteiger partial charge < -0.3 is 4.90 Å². The molecule has 0 radical (unpaired) electrons. The van der Waals surface area contributed by atoms with Crippen molar-refractivity contribution in [2.75, 3.05) is 11.4 Å². The van der Waals surface area contributed by atoms with E-state index < -0.39 is 18.0 Å². The summed E-state index contributed by atoms with van der Waals surface area (Å²) < 4.78 is 79.5. The molecule has 0 bridgehead atoms. The van der Waals surface area contributed by atoms with Gasteiger partial charge in [0.05, 0.1) is 0 Å². The number of hydrogen-bond acceptors (Lipinski definition) is 1. The lowest BCUT2D eigenvalue weighted by Gasteiger charge is -2.43. The molecule has 7 heteroatoms. The number of rotatable bonds is 4. The van der Waals surface area contributed by atoms with Gasteiger partial charge in [0, 0.05) is 17.8 Å². The quantitative estimate of drug-likeness (QED) is 0.164. The van der Waals surface area contributed by atoms with Gasteiger partial charge in [-0.1, -0.05) is 96.1 Å². The molecule has 57 heavy (non-hydrogen) atoms. The van der Waals surface area contributed by atoms with Crippen molar-refractivity contribution in [2.24, 2.45) is 0 Å². The van der Waals surface area contributed by atoms with Crippen molar-refractivity contribution in [1.29, 1.82) is 0 Å². The van der Waals surface area contributed by atoms with Crippen LogP contribution in [-0.4, -0.2) is 18.8 Å². The summed E-state index contributed by atoms with van der Waals surface area (Å²) in [5.41, 5.74) is 14.0. The molecule has 310 valence electrons. The molecule has 5 aromatic carbocycles. The van der Waals surface area contributed by atoms with Crippen molar-refractivity contribution in [3.8, 4) is 22.3 Å². The Morgan fingerprint density at radius 3 is 1.44 bits per heavy atom. The van der Waals surface area contributed by atoms with E-state index in [9.17, 15) is 26.3 Å². The van der Waals surface area contributed by atoms with E-state index in [4.69, 9.17) is 0 Å². The minimum Gasteiger partial charge on any atom is -0.360 e. The van der Waals surface area contributed by atoms with Crippen molar-refractivity contribution in [1.82, 2.24) is 0 Å². The Labute approximate surface area is 339 Å². The monoisotopic (exact) mass is 791 g/mol. The third-order valence-corrected chi connectivity index (χ3v) is 10.5. The topological polar surface area (TPSA) is 3.24 Å². The lowest BCUT2D eigenvalue weighted by molar-refractivity contribution is -0.159. The highest BCUT2D eigenvalue weighted by Gasteiger charge is 2.48. The molecule has 1 nitrogen and oxygen atoms in total. The maximum Gasteiger partial charge on any atom is 0.408 e. The van der Waals surface area contributed by atoms with Gasteiger partial charge in [0.15, 0.2) is 0 Å². The zero-order valence-electron chi connectivity index (χ0n) is 36.7. The Morgan fingerprint density at radius 1 is 0.544 bits per heavy atom. The van der Waals surface area contributed by atoms with Crippen LogP contribution in [0.15, 0.2) is 72.8 Å². The van der Waals surface area contributed by atoms with E-state index in [1.807, 2.05) is 113 Å². The first kappa shape index (κ1) is 48.6. The molecule has 1 heterocycles. The molecule has 1 unspecified atom stereocenters. The first-order valence-corrected chi connectivity index (χ1v) is 20.0. The number of benzene rings is 5. The zero-order chi connectivity index (χ0) is 43.5. The van der Waals surface area contributed by atoms with Gasteiger partial charge in [0.2, 0.25) is 0 Å². The minimum absolute atomic E-state index is 0.0626. The maximum atomic E-state index is 14.8. The first-order chi connectivity index (χ1) is 26.8. The van der Waals surface area contributed by atoms with E-state index in [1.54, 1.807) is 26.0 Å². The molecule has 0 aliphatic carbocycles. The van der Waals surface area contributed by atoms with E-state index in [-0.39, 0.29) is 24.0 Å². The van der Waals surface area contributed by atoms with Crippen molar-refractivity contribution >= 4 is 5.69 Å². The van der Waals surface area contributed by atoms with Crippen molar-refractivity contribution in [3.63, 3.8) is 0 Å². The second-order valence-corrected chi connectivity index (χ2v) is 14.6. The van der Waals surface area contributed by atoms with Crippen LogP contribution in [-0.2, 0) is 0 Å². The molecule has 5 aromatic rings. The number of halogens is 6. The molecule has 1 fully saturated rings. The highest BCUT2D eigenvalue weighted by Crippen LogP contribution is 2.38. The van der Waals surface area contributed by atoms with E-state index in [2.05, 4.69) is 32.0 Å². The third kappa shape index (κ3) is 11.5. The lowest BCUT2D eigenvalue weighted by atomic mass is 9.89. The lowest BCUT2D eigenvalue weighted by Crippen LogP contribution is -2.56. The first-order valence-electron chi connectivity index (χ1n) is 20.0. The summed E-state index contributed by atoms with van der Waals surface area (Å²) in [5.74, 6) is -0.443. The molecule has 1 aliphatic heterocycles. The van der Waals surface area contributed by atoms with Crippen LogP contribution in [0.4, 0.5) is 32.0 Å². The van der Waals surface area contributed by atoms with Gasteiger partial charge in [-0.3, -0.25) is 0 Å². The Hall–Kier alpha value is -4.52. The van der Waals surface area contributed by atoms with Crippen LogP contribution in [0.5, 0.6) is 0 Å². The van der Waals surface area contributed by atoms with Gasteiger partial charge in [-0.05, 0) is 165 Å². The SMILES string of the molecule is CC.CC.Cc1cc(N2CCC2C(F)(F)F)cc(F)c1C.Cc1cccc(C)c1-c1ccc(C)c(C(C)C)c1F.Cc1cccc(C)c1-c1ccc(F)c(C)c1C. The third-order valence-electron chi connectivity index (χ3n) is 10.5. The molecule has 6 rings (SSSR count). The van der Waals surface area contributed by atoms with E-state index >= 15 is 0 Å².